The maximum atomic E-state index is 13.0. The highest BCUT2D eigenvalue weighted by atomic mass is 19.4. The molecule has 0 saturated carbocycles. The first kappa shape index (κ1) is 18.2. The van der Waals surface area contributed by atoms with Gasteiger partial charge in [0.25, 0.3) is 5.91 Å². The highest BCUT2D eigenvalue weighted by Crippen LogP contribution is 2.31. The van der Waals surface area contributed by atoms with Gasteiger partial charge < -0.3 is 9.32 Å². The summed E-state index contributed by atoms with van der Waals surface area (Å²) in [5.41, 5.74) is 0.336. The van der Waals surface area contributed by atoms with Crippen molar-refractivity contribution in [1.82, 2.24) is 4.90 Å². The van der Waals surface area contributed by atoms with Gasteiger partial charge in [0, 0.05) is 24.6 Å². The van der Waals surface area contributed by atoms with E-state index in [1.807, 2.05) is 0 Å². The van der Waals surface area contributed by atoms with E-state index in [2.05, 4.69) is 4.42 Å². The predicted octanol–water partition coefficient (Wildman–Crippen LogP) is 4.17. The highest BCUT2D eigenvalue weighted by molar-refractivity contribution is 5.99. The van der Waals surface area contributed by atoms with Crippen LogP contribution in [0.2, 0.25) is 0 Å². The molecule has 0 bridgehead atoms. The highest BCUT2D eigenvalue weighted by Gasteiger charge is 2.37. The molecule has 138 valence electrons. The molecule has 3 rings (SSSR count). The number of benzene rings is 1. The molecular formula is C18H15F4NO3. The summed E-state index contributed by atoms with van der Waals surface area (Å²) in [6.45, 7) is 0.408. The van der Waals surface area contributed by atoms with E-state index < -0.39 is 35.3 Å². The minimum Gasteiger partial charge on any atom is -0.446 e. The third kappa shape index (κ3) is 3.79. The van der Waals surface area contributed by atoms with Crippen molar-refractivity contribution in [1.29, 1.82) is 0 Å². The van der Waals surface area contributed by atoms with Gasteiger partial charge in [0.2, 0.25) is 5.76 Å². The Balaban J connectivity index is 1.71. The van der Waals surface area contributed by atoms with Crippen LogP contribution in [0, 0.1) is 11.7 Å². The largest absolute Gasteiger partial charge is 0.449 e. The molecule has 1 aliphatic heterocycles. The number of rotatable bonds is 3. The number of alkyl halides is 3. The maximum absolute atomic E-state index is 13.0. The van der Waals surface area contributed by atoms with E-state index >= 15 is 0 Å². The average molecular weight is 369 g/mol. The van der Waals surface area contributed by atoms with Gasteiger partial charge in [-0.1, -0.05) is 0 Å². The summed E-state index contributed by atoms with van der Waals surface area (Å²) in [6, 6.07) is 6.80. The molecule has 1 aromatic carbocycles. The number of nitrogens with zero attached hydrogens (tertiary/aromatic N) is 1. The first-order valence-electron chi connectivity index (χ1n) is 8.02. The zero-order chi connectivity index (χ0) is 18.9. The lowest BCUT2D eigenvalue weighted by Gasteiger charge is -2.31. The van der Waals surface area contributed by atoms with E-state index in [0.29, 0.717) is 31.0 Å². The molecule has 8 heteroatoms. The summed E-state index contributed by atoms with van der Waals surface area (Å²) >= 11 is 0. The summed E-state index contributed by atoms with van der Waals surface area (Å²) < 4.78 is 55.4. The van der Waals surface area contributed by atoms with E-state index in [4.69, 9.17) is 0 Å². The van der Waals surface area contributed by atoms with Crippen LogP contribution in [-0.4, -0.2) is 29.7 Å². The molecule has 26 heavy (non-hydrogen) atoms. The fourth-order valence-corrected chi connectivity index (χ4v) is 2.99. The number of ketones is 1. The van der Waals surface area contributed by atoms with Crippen molar-refractivity contribution in [3.05, 3.63) is 59.3 Å². The van der Waals surface area contributed by atoms with Gasteiger partial charge >= 0.3 is 6.18 Å². The van der Waals surface area contributed by atoms with Gasteiger partial charge in [0.1, 0.15) is 5.82 Å². The predicted molar refractivity (Wildman–Crippen MR) is 83.1 cm³/mol. The Kier molecular flexibility index (Phi) is 4.84. The van der Waals surface area contributed by atoms with Gasteiger partial charge in [0.05, 0.1) is 0 Å². The Bertz CT molecular complexity index is 811. The lowest BCUT2D eigenvalue weighted by Crippen LogP contribution is -2.42. The van der Waals surface area contributed by atoms with E-state index in [9.17, 15) is 27.2 Å². The molecular weight excluding hydrogens is 354 g/mol. The van der Waals surface area contributed by atoms with Gasteiger partial charge in [-0.2, -0.15) is 13.2 Å². The number of carbonyl (C=O) groups excluding carboxylic acids is 2. The number of piperidine rings is 1. The fraction of sp³-hybridized carbons (Fsp3) is 0.333. The first-order chi connectivity index (χ1) is 12.3. The molecule has 2 aromatic rings. The van der Waals surface area contributed by atoms with Crippen LogP contribution in [-0.2, 0) is 6.18 Å². The lowest BCUT2D eigenvalue weighted by atomic mass is 9.90. The number of hydrogen-bond acceptors (Lipinski definition) is 3. The van der Waals surface area contributed by atoms with Crippen LogP contribution in [0.1, 0.15) is 39.5 Å². The third-order valence-corrected chi connectivity index (χ3v) is 4.30. The summed E-state index contributed by atoms with van der Waals surface area (Å²) in [6.07, 6.45) is -3.58. The normalized spacial score (nSPS) is 18.0. The quantitative estimate of drug-likeness (QED) is 0.603. The van der Waals surface area contributed by atoms with Crippen LogP contribution < -0.4 is 0 Å². The SMILES string of the molecule is O=C(c1ccc(F)cc1)C1CCCN(C(=O)c2ccc(C(F)(F)F)o2)C1. The van der Waals surface area contributed by atoms with Gasteiger partial charge in [-0.3, -0.25) is 9.59 Å². The van der Waals surface area contributed by atoms with Crippen molar-refractivity contribution in [3.63, 3.8) is 0 Å². The zero-order valence-electron chi connectivity index (χ0n) is 13.6. The second-order valence-electron chi connectivity index (χ2n) is 6.12. The van der Waals surface area contributed by atoms with Crippen LogP contribution in [0.3, 0.4) is 0 Å². The number of furan rings is 1. The van der Waals surface area contributed by atoms with Crippen LogP contribution in [0.15, 0.2) is 40.8 Å². The summed E-state index contributed by atoms with van der Waals surface area (Å²) in [5.74, 6) is -3.51. The summed E-state index contributed by atoms with van der Waals surface area (Å²) in [5, 5.41) is 0. The Morgan fingerprint density at radius 1 is 1.08 bits per heavy atom. The number of halogens is 4. The standard InChI is InChI=1S/C18H15F4NO3/c19-13-5-3-11(4-6-13)16(24)12-2-1-9-23(10-12)17(25)14-7-8-15(26-14)18(20,21)22/h3-8,12H,1-2,9-10H2. The van der Waals surface area contributed by atoms with Gasteiger partial charge in [-0.05, 0) is 49.2 Å². The molecule has 2 heterocycles. The lowest BCUT2D eigenvalue weighted by molar-refractivity contribution is -0.153. The van der Waals surface area contributed by atoms with Crippen LogP contribution in [0.5, 0.6) is 0 Å². The van der Waals surface area contributed by atoms with Gasteiger partial charge in [0.15, 0.2) is 11.5 Å². The number of hydrogen-bond donors (Lipinski definition) is 0. The van der Waals surface area contributed by atoms with Crippen LogP contribution in [0.4, 0.5) is 17.6 Å². The number of likely N-dealkylation sites (tertiary alicyclic amines) is 1. The van der Waals surface area contributed by atoms with E-state index in [1.54, 1.807) is 0 Å². The minimum absolute atomic E-state index is 0.0805. The van der Waals surface area contributed by atoms with Gasteiger partial charge in [-0.15, -0.1) is 0 Å². The van der Waals surface area contributed by atoms with Crippen molar-refractivity contribution < 1.29 is 31.6 Å². The van der Waals surface area contributed by atoms with E-state index in [1.165, 1.54) is 29.2 Å². The van der Waals surface area contributed by atoms with Crippen molar-refractivity contribution in [3.8, 4) is 0 Å². The molecule has 1 atom stereocenters. The Morgan fingerprint density at radius 2 is 1.77 bits per heavy atom. The van der Waals surface area contributed by atoms with E-state index in [0.717, 1.165) is 6.07 Å². The number of amides is 1. The molecule has 1 amide bonds. The second kappa shape index (κ2) is 6.93. The molecule has 1 unspecified atom stereocenters. The van der Waals surface area contributed by atoms with Crippen LogP contribution in [0.25, 0.3) is 0 Å². The van der Waals surface area contributed by atoms with Crippen LogP contribution >= 0.6 is 0 Å². The molecule has 1 saturated heterocycles. The molecule has 0 N–H and O–H groups in total. The minimum atomic E-state index is -4.67. The first-order valence-corrected chi connectivity index (χ1v) is 8.02. The number of carbonyl (C=O) groups is 2. The molecule has 0 radical (unpaired) electrons. The number of Topliss-reactive ketones (excluding diaryl/α,β-unsaturated/α-hetero) is 1. The zero-order valence-corrected chi connectivity index (χ0v) is 13.6. The smallest absolute Gasteiger partial charge is 0.446 e. The van der Waals surface area contributed by atoms with Crippen molar-refractivity contribution in [2.24, 2.45) is 5.92 Å². The molecule has 1 aromatic heterocycles. The fourth-order valence-electron chi connectivity index (χ4n) is 2.99. The third-order valence-electron chi connectivity index (χ3n) is 4.30. The summed E-state index contributed by atoms with van der Waals surface area (Å²) in [4.78, 5) is 26.2. The molecule has 0 aliphatic carbocycles. The maximum Gasteiger partial charge on any atom is 0.449 e. The Morgan fingerprint density at radius 3 is 2.38 bits per heavy atom. The molecule has 1 aliphatic rings. The van der Waals surface area contributed by atoms with Crippen molar-refractivity contribution in [2.75, 3.05) is 13.1 Å². The van der Waals surface area contributed by atoms with E-state index in [-0.39, 0.29) is 12.3 Å². The van der Waals surface area contributed by atoms with Crippen molar-refractivity contribution in [2.45, 2.75) is 19.0 Å². The average Bonchev–Trinajstić information content (AvgIpc) is 3.12. The molecule has 1 fully saturated rings. The molecule has 4 nitrogen and oxygen atoms in total. The molecule has 0 spiro atoms. The second-order valence-corrected chi connectivity index (χ2v) is 6.12. The Hall–Kier alpha value is -2.64. The van der Waals surface area contributed by atoms with Gasteiger partial charge in [-0.25, -0.2) is 4.39 Å². The topological polar surface area (TPSA) is 50.5 Å². The summed E-state index contributed by atoms with van der Waals surface area (Å²) in [7, 11) is 0. The monoisotopic (exact) mass is 369 g/mol. The van der Waals surface area contributed by atoms with Crippen molar-refractivity contribution >= 4 is 11.7 Å². The Labute approximate surface area is 146 Å².